The number of hydrogen-bond donors (Lipinski definition) is 2. The van der Waals surface area contributed by atoms with E-state index in [-0.39, 0.29) is 11.9 Å². The van der Waals surface area contributed by atoms with E-state index < -0.39 is 0 Å². The van der Waals surface area contributed by atoms with Crippen LogP contribution in [0.25, 0.3) is 0 Å². The molecule has 4 nitrogen and oxygen atoms in total. The average Bonchev–Trinajstić information content (AvgIpc) is 2.65. The highest BCUT2D eigenvalue weighted by Gasteiger charge is 2.24. The van der Waals surface area contributed by atoms with Gasteiger partial charge in [0.15, 0.2) is 0 Å². The van der Waals surface area contributed by atoms with Crippen LogP contribution in [0.1, 0.15) is 11.6 Å². The van der Waals surface area contributed by atoms with Gasteiger partial charge in [-0.1, -0.05) is 12.1 Å². The number of benzene rings is 1. The van der Waals surface area contributed by atoms with Crippen LogP contribution in [0, 0.1) is 0 Å². The van der Waals surface area contributed by atoms with E-state index in [2.05, 4.69) is 10.6 Å². The minimum Gasteiger partial charge on any atom is -0.497 e. The molecule has 0 aliphatic carbocycles. The Balaban J connectivity index is 2.26. The zero-order valence-electron chi connectivity index (χ0n) is 7.91. The number of amides is 1. The monoisotopic (exact) mass is 192 g/mol. The van der Waals surface area contributed by atoms with Crippen molar-refractivity contribution in [1.82, 2.24) is 10.6 Å². The van der Waals surface area contributed by atoms with Crippen molar-refractivity contribution in [3.8, 4) is 5.75 Å². The Hall–Kier alpha value is -1.55. The third-order valence-electron chi connectivity index (χ3n) is 2.26. The summed E-state index contributed by atoms with van der Waals surface area (Å²) >= 11 is 0. The fourth-order valence-corrected chi connectivity index (χ4v) is 1.53. The molecule has 0 saturated carbocycles. The van der Waals surface area contributed by atoms with Gasteiger partial charge in [-0.3, -0.25) is 10.1 Å². The van der Waals surface area contributed by atoms with Gasteiger partial charge in [-0.05, 0) is 17.7 Å². The maximum atomic E-state index is 11.4. The maximum absolute atomic E-state index is 11.4. The number of ether oxygens (including phenoxy) is 1. The topological polar surface area (TPSA) is 50.4 Å². The van der Waals surface area contributed by atoms with Gasteiger partial charge in [0.1, 0.15) is 11.8 Å². The quantitative estimate of drug-likeness (QED) is 0.713. The molecule has 1 unspecified atom stereocenters. The highest BCUT2D eigenvalue weighted by atomic mass is 16.5. The molecule has 1 aliphatic heterocycles. The first kappa shape index (κ1) is 9.02. The standard InChI is InChI=1S/C10H12N2O2/c1-14-8-4-2-3-7(5-8)9-10(13)12-6-11-9/h2-5,9,11H,6H2,1H3,(H,12,13). The molecule has 1 aromatic carbocycles. The fourth-order valence-electron chi connectivity index (χ4n) is 1.53. The number of methoxy groups -OCH3 is 1. The third-order valence-corrected chi connectivity index (χ3v) is 2.26. The molecular formula is C10H12N2O2. The van der Waals surface area contributed by atoms with E-state index in [1.54, 1.807) is 7.11 Å². The van der Waals surface area contributed by atoms with Crippen molar-refractivity contribution >= 4 is 5.91 Å². The summed E-state index contributed by atoms with van der Waals surface area (Å²) < 4.78 is 5.09. The molecule has 1 atom stereocenters. The van der Waals surface area contributed by atoms with Crippen molar-refractivity contribution in [3.63, 3.8) is 0 Å². The van der Waals surface area contributed by atoms with Crippen molar-refractivity contribution in [2.24, 2.45) is 0 Å². The van der Waals surface area contributed by atoms with Gasteiger partial charge in [-0.2, -0.15) is 0 Å². The van der Waals surface area contributed by atoms with E-state index in [0.29, 0.717) is 6.67 Å². The molecule has 1 aromatic rings. The minimum atomic E-state index is -0.245. The van der Waals surface area contributed by atoms with Gasteiger partial charge in [-0.15, -0.1) is 0 Å². The summed E-state index contributed by atoms with van der Waals surface area (Å²) in [6.07, 6.45) is 0. The van der Waals surface area contributed by atoms with Crippen LogP contribution in [0.2, 0.25) is 0 Å². The largest absolute Gasteiger partial charge is 0.497 e. The summed E-state index contributed by atoms with van der Waals surface area (Å²) in [5, 5.41) is 5.77. The Morgan fingerprint density at radius 1 is 1.50 bits per heavy atom. The fraction of sp³-hybridized carbons (Fsp3) is 0.300. The smallest absolute Gasteiger partial charge is 0.242 e. The molecule has 1 heterocycles. The van der Waals surface area contributed by atoms with Crippen molar-refractivity contribution < 1.29 is 9.53 Å². The Morgan fingerprint density at radius 3 is 3.00 bits per heavy atom. The van der Waals surface area contributed by atoms with Crippen molar-refractivity contribution in [1.29, 1.82) is 0 Å². The zero-order valence-corrected chi connectivity index (χ0v) is 7.91. The highest BCUT2D eigenvalue weighted by molar-refractivity contribution is 5.85. The van der Waals surface area contributed by atoms with E-state index >= 15 is 0 Å². The summed E-state index contributed by atoms with van der Waals surface area (Å²) in [5.41, 5.74) is 0.930. The predicted molar refractivity (Wildman–Crippen MR) is 51.9 cm³/mol. The van der Waals surface area contributed by atoms with E-state index in [4.69, 9.17) is 4.74 Å². The van der Waals surface area contributed by atoms with E-state index in [9.17, 15) is 4.79 Å². The summed E-state index contributed by atoms with van der Waals surface area (Å²) in [6.45, 7) is 0.528. The second kappa shape index (κ2) is 3.67. The van der Waals surface area contributed by atoms with Crippen LogP contribution >= 0.6 is 0 Å². The lowest BCUT2D eigenvalue weighted by Crippen LogP contribution is -2.19. The van der Waals surface area contributed by atoms with Gasteiger partial charge >= 0.3 is 0 Å². The lowest BCUT2D eigenvalue weighted by molar-refractivity contribution is -0.120. The molecule has 0 spiro atoms. The number of nitrogens with one attached hydrogen (secondary N) is 2. The molecule has 2 rings (SSSR count). The van der Waals surface area contributed by atoms with Crippen molar-refractivity contribution in [2.75, 3.05) is 13.8 Å². The van der Waals surface area contributed by atoms with Crippen molar-refractivity contribution in [3.05, 3.63) is 29.8 Å². The zero-order chi connectivity index (χ0) is 9.97. The van der Waals surface area contributed by atoms with Gasteiger partial charge in [-0.25, -0.2) is 0 Å². The van der Waals surface area contributed by atoms with E-state index in [1.807, 2.05) is 24.3 Å². The lowest BCUT2D eigenvalue weighted by atomic mass is 10.1. The summed E-state index contributed by atoms with van der Waals surface area (Å²) in [6, 6.07) is 7.26. The van der Waals surface area contributed by atoms with Gasteiger partial charge in [0.2, 0.25) is 5.91 Å². The molecule has 74 valence electrons. The van der Waals surface area contributed by atoms with Crippen molar-refractivity contribution in [2.45, 2.75) is 6.04 Å². The molecule has 4 heteroatoms. The van der Waals surface area contributed by atoms with E-state index in [1.165, 1.54) is 0 Å². The SMILES string of the molecule is COc1cccc(C2NCNC2=O)c1. The number of rotatable bonds is 2. The van der Waals surface area contributed by atoms with E-state index in [0.717, 1.165) is 11.3 Å². The average molecular weight is 192 g/mol. The molecule has 2 N–H and O–H groups in total. The Morgan fingerprint density at radius 2 is 2.36 bits per heavy atom. The molecule has 0 radical (unpaired) electrons. The van der Waals surface area contributed by atoms with Gasteiger partial charge < -0.3 is 10.1 Å². The summed E-state index contributed by atoms with van der Waals surface area (Å²) in [5.74, 6) is 0.780. The van der Waals surface area contributed by atoms with Crippen LogP contribution in [0.4, 0.5) is 0 Å². The Kier molecular flexibility index (Phi) is 2.37. The lowest BCUT2D eigenvalue weighted by Gasteiger charge is -2.08. The molecule has 14 heavy (non-hydrogen) atoms. The Labute approximate surface area is 82.3 Å². The van der Waals surface area contributed by atoms with Crippen LogP contribution in [0.3, 0.4) is 0 Å². The maximum Gasteiger partial charge on any atom is 0.242 e. The molecule has 1 amide bonds. The molecule has 0 bridgehead atoms. The van der Waals surface area contributed by atoms with Crippen LogP contribution in [-0.4, -0.2) is 19.7 Å². The second-order valence-corrected chi connectivity index (χ2v) is 3.13. The first-order valence-electron chi connectivity index (χ1n) is 4.46. The summed E-state index contributed by atoms with van der Waals surface area (Å²) in [4.78, 5) is 11.4. The molecule has 1 fully saturated rings. The molecule has 1 saturated heterocycles. The van der Waals surface area contributed by atoms with Gasteiger partial charge in [0.05, 0.1) is 13.8 Å². The van der Waals surface area contributed by atoms with Crippen LogP contribution < -0.4 is 15.4 Å². The molecule has 0 aromatic heterocycles. The molecule has 1 aliphatic rings. The van der Waals surface area contributed by atoms with Gasteiger partial charge in [0.25, 0.3) is 0 Å². The van der Waals surface area contributed by atoms with Crippen LogP contribution in [-0.2, 0) is 4.79 Å². The van der Waals surface area contributed by atoms with Gasteiger partial charge in [0, 0.05) is 0 Å². The number of carbonyl (C=O) groups excluding carboxylic acids is 1. The predicted octanol–water partition coefficient (Wildman–Crippen LogP) is 0.413. The Bertz CT molecular complexity index is 352. The normalized spacial score (nSPS) is 20.6. The highest BCUT2D eigenvalue weighted by Crippen LogP contribution is 2.20. The number of carbonyl (C=O) groups is 1. The second-order valence-electron chi connectivity index (χ2n) is 3.13. The number of hydrogen-bond acceptors (Lipinski definition) is 3. The minimum absolute atomic E-state index is 0.0123. The first-order valence-corrected chi connectivity index (χ1v) is 4.46. The summed E-state index contributed by atoms with van der Waals surface area (Å²) in [7, 11) is 1.61. The van der Waals surface area contributed by atoms with Crippen LogP contribution in [0.15, 0.2) is 24.3 Å². The first-order chi connectivity index (χ1) is 6.81. The van der Waals surface area contributed by atoms with Crippen LogP contribution in [0.5, 0.6) is 5.75 Å². The third kappa shape index (κ3) is 1.56. The molecular weight excluding hydrogens is 180 g/mol.